The molecule has 0 fully saturated rings. The van der Waals surface area contributed by atoms with Crippen molar-refractivity contribution in [2.24, 2.45) is 11.8 Å². The van der Waals surface area contributed by atoms with Crippen molar-refractivity contribution >= 4 is 0 Å². The second-order valence-electron chi connectivity index (χ2n) is 3.36. The van der Waals surface area contributed by atoms with E-state index in [-0.39, 0.29) is 12.3 Å². The van der Waals surface area contributed by atoms with Crippen molar-refractivity contribution in [2.75, 3.05) is 14.2 Å². The Morgan fingerprint density at radius 1 is 1.31 bits per heavy atom. The Labute approximate surface area is 80.7 Å². The van der Waals surface area contributed by atoms with E-state index in [1.807, 2.05) is 0 Å². The zero-order valence-electron chi connectivity index (χ0n) is 9.04. The molecule has 0 heterocycles. The lowest BCUT2D eigenvalue weighted by Crippen LogP contribution is -2.46. The van der Waals surface area contributed by atoms with Gasteiger partial charge in [-0.25, -0.2) is 0 Å². The largest absolute Gasteiger partial charge is 0.354 e. The van der Waals surface area contributed by atoms with Crippen LogP contribution in [0.1, 0.15) is 26.7 Å². The minimum Gasteiger partial charge on any atom is -0.354 e. The molecule has 0 aromatic heterocycles. The molecule has 0 aromatic rings. The van der Waals surface area contributed by atoms with Crippen LogP contribution in [0, 0.1) is 5.92 Å². The molecular weight excluding hydrogens is 168 g/mol. The summed E-state index contributed by atoms with van der Waals surface area (Å²) in [6.45, 7) is 4.35. The molecular formula is C9H22N2O2. The number of methoxy groups -OCH3 is 2. The van der Waals surface area contributed by atoms with Crippen molar-refractivity contribution in [3.05, 3.63) is 0 Å². The van der Waals surface area contributed by atoms with Crippen molar-refractivity contribution in [1.29, 1.82) is 0 Å². The first-order chi connectivity index (χ1) is 6.19. The summed E-state index contributed by atoms with van der Waals surface area (Å²) in [5, 5.41) is 0. The SMILES string of the molecule is CCC(C)CC(NN)C(OC)OC. The van der Waals surface area contributed by atoms with Gasteiger partial charge >= 0.3 is 0 Å². The van der Waals surface area contributed by atoms with Gasteiger partial charge in [0.15, 0.2) is 6.29 Å². The highest BCUT2D eigenvalue weighted by Crippen LogP contribution is 2.13. The van der Waals surface area contributed by atoms with Crippen LogP contribution in [0.3, 0.4) is 0 Å². The van der Waals surface area contributed by atoms with E-state index in [1.165, 1.54) is 0 Å². The van der Waals surface area contributed by atoms with Gasteiger partial charge in [-0.05, 0) is 12.3 Å². The highest BCUT2D eigenvalue weighted by Gasteiger charge is 2.20. The van der Waals surface area contributed by atoms with Crippen LogP contribution in [0.4, 0.5) is 0 Å². The molecule has 4 nitrogen and oxygen atoms in total. The molecule has 0 saturated heterocycles. The predicted octanol–water partition coefficient (Wildman–Crippen LogP) is 0.873. The van der Waals surface area contributed by atoms with Gasteiger partial charge in [0.1, 0.15) is 0 Å². The molecule has 0 aliphatic carbocycles. The predicted molar refractivity (Wildman–Crippen MR) is 53.0 cm³/mol. The van der Waals surface area contributed by atoms with Gasteiger partial charge in [-0.1, -0.05) is 20.3 Å². The minimum absolute atomic E-state index is 0.0601. The van der Waals surface area contributed by atoms with E-state index in [0.29, 0.717) is 5.92 Å². The van der Waals surface area contributed by atoms with Gasteiger partial charge in [0, 0.05) is 14.2 Å². The molecule has 3 N–H and O–H groups in total. The van der Waals surface area contributed by atoms with Crippen LogP contribution in [0.25, 0.3) is 0 Å². The third-order valence-electron chi connectivity index (χ3n) is 2.36. The first-order valence-electron chi connectivity index (χ1n) is 4.71. The Morgan fingerprint density at radius 3 is 2.15 bits per heavy atom. The van der Waals surface area contributed by atoms with E-state index in [0.717, 1.165) is 12.8 Å². The van der Waals surface area contributed by atoms with Gasteiger partial charge < -0.3 is 9.47 Å². The van der Waals surface area contributed by atoms with Crippen LogP contribution in [0.5, 0.6) is 0 Å². The molecule has 2 atom stereocenters. The maximum absolute atomic E-state index is 5.42. The Hall–Kier alpha value is -0.160. The summed E-state index contributed by atoms with van der Waals surface area (Å²) in [5.41, 5.74) is 2.72. The molecule has 0 amide bonds. The monoisotopic (exact) mass is 190 g/mol. The summed E-state index contributed by atoms with van der Waals surface area (Å²) in [6, 6.07) is 0.0601. The van der Waals surface area contributed by atoms with Crippen LogP contribution in [-0.4, -0.2) is 26.6 Å². The van der Waals surface area contributed by atoms with Gasteiger partial charge in [-0.15, -0.1) is 0 Å². The van der Waals surface area contributed by atoms with E-state index in [2.05, 4.69) is 19.3 Å². The van der Waals surface area contributed by atoms with Gasteiger partial charge in [0.05, 0.1) is 6.04 Å². The maximum Gasteiger partial charge on any atom is 0.173 e. The first kappa shape index (κ1) is 12.8. The summed E-state index contributed by atoms with van der Waals surface area (Å²) >= 11 is 0. The smallest absolute Gasteiger partial charge is 0.173 e. The van der Waals surface area contributed by atoms with E-state index in [4.69, 9.17) is 15.3 Å². The van der Waals surface area contributed by atoms with Gasteiger partial charge in [-0.3, -0.25) is 11.3 Å². The van der Waals surface area contributed by atoms with Crippen molar-refractivity contribution in [3.8, 4) is 0 Å². The topological polar surface area (TPSA) is 56.5 Å². The Kier molecular flexibility index (Phi) is 7.17. The molecule has 0 saturated carbocycles. The quantitative estimate of drug-likeness (QED) is 0.355. The fourth-order valence-corrected chi connectivity index (χ4v) is 1.28. The molecule has 0 rings (SSSR count). The molecule has 0 aliphatic heterocycles. The van der Waals surface area contributed by atoms with E-state index in [1.54, 1.807) is 14.2 Å². The number of hydrogen-bond acceptors (Lipinski definition) is 4. The van der Waals surface area contributed by atoms with Gasteiger partial charge in [-0.2, -0.15) is 0 Å². The lowest BCUT2D eigenvalue weighted by molar-refractivity contribution is -0.126. The normalized spacial score (nSPS) is 16.2. The minimum atomic E-state index is -0.265. The molecule has 80 valence electrons. The fraction of sp³-hybridized carbons (Fsp3) is 1.00. The van der Waals surface area contributed by atoms with Crippen LogP contribution in [-0.2, 0) is 9.47 Å². The highest BCUT2D eigenvalue weighted by atomic mass is 16.7. The molecule has 0 spiro atoms. The van der Waals surface area contributed by atoms with Crippen molar-refractivity contribution < 1.29 is 9.47 Å². The second-order valence-corrected chi connectivity index (χ2v) is 3.36. The van der Waals surface area contributed by atoms with Crippen molar-refractivity contribution in [3.63, 3.8) is 0 Å². The molecule has 0 aromatic carbocycles. The average molecular weight is 190 g/mol. The summed E-state index contributed by atoms with van der Waals surface area (Å²) in [4.78, 5) is 0. The van der Waals surface area contributed by atoms with E-state index < -0.39 is 0 Å². The van der Waals surface area contributed by atoms with E-state index >= 15 is 0 Å². The molecule has 4 heteroatoms. The molecule has 0 radical (unpaired) electrons. The average Bonchev–Trinajstić information content (AvgIpc) is 2.17. The number of hydrazine groups is 1. The van der Waals surface area contributed by atoms with Crippen molar-refractivity contribution in [2.45, 2.75) is 39.0 Å². The molecule has 0 bridgehead atoms. The lowest BCUT2D eigenvalue weighted by atomic mass is 9.99. The third kappa shape index (κ3) is 4.57. The van der Waals surface area contributed by atoms with Crippen LogP contribution < -0.4 is 11.3 Å². The van der Waals surface area contributed by atoms with Gasteiger partial charge in [0.2, 0.25) is 0 Å². The van der Waals surface area contributed by atoms with Crippen LogP contribution in [0.2, 0.25) is 0 Å². The Morgan fingerprint density at radius 2 is 1.85 bits per heavy atom. The third-order valence-corrected chi connectivity index (χ3v) is 2.36. The zero-order valence-corrected chi connectivity index (χ0v) is 9.04. The number of hydrogen-bond donors (Lipinski definition) is 2. The number of nitrogens with one attached hydrogen (secondary N) is 1. The summed E-state index contributed by atoms with van der Waals surface area (Å²) in [7, 11) is 3.24. The zero-order chi connectivity index (χ0) is 10.3. The standard InChI is InChI=1S/C9H22N2O2/c1-5-7(2)6-8(11-10)9(12-3)13-4/h7-9,11H,5-6,10H2,1-4H3. The van der Waals surface area contributed by atoms with E-state index in [9.17, 15) is 0 Å². The highest BCUT2D eigenvalue weighted by molar-refractivity contribution is 4.70. The summed E-state index contributed by atoms with van der Waals surface area (Å²) < 4.78 is 10.3. The molecule has 13 heavy (non-hydrogen) atoms. The number of ether oxygens (including phenoxy) is 2. The number of rotatable bonds is 7. The van der Waals surface area contributed by atoms with Crippen LogP contribution in [0.15, 0.2) is 0 Å². The van der Waals surface area contributed by atoms with Gasteiger partial charge in [0.25, 0.3) is 0 Å². The second kappa shape index (κ2) is 7.26. The molecule has 0 aliphatic rings. The lowest BCUT2D eigenvalue weighted by Gasteiger charge is -2.25. The summed E-state index contributed by atoms with van der Waals surface area (Å²) in [6.07, 6.45) is 1.83. The van der Waals surface area contributed by atoms with Crippen LogP contribution >= 0.6 is 0 Å². The Bertz CT molecular complexity index is 118. The number of nitrogens with two attached hydrogens (primary N) is 1. The maximum atomic E-state index is 5.42. The van der Waals surface area contributed by atoms with Crippen molar-refractivity contribution in [1.82, 2.24) is 5.43 Å². The summed E-state index contributed by atoms with van der Waals surface area (Å²) in [5.74, 6) is 6.04. The Balaban J connectivity index is 3.98. The molecule has 2 unspecified atom stereocenters. The first-order valence-corrected chi connectivity index (χ1v) is 4.71. The fourth-order valence-electron chi connectivity index (χ4n) is 1.28.